The smallest absolute Gasteiger partial charge is 0.263 e. The fourth-order valence-corrected chi connectivity index (χ4v) is 4.75. The minimum absolute atomic E-state index is 0.0831. The zero-order valence-corrected chi connectivity index (χ0v) is 16.1. The molecule has 0 aromatic heterocycles. The minimum atomic E-state index is -3.87. The highest BCUT2D eigenvalue weighted by Crippen LogP contribution is 2.32. The molecule has 26 heavy (non-hydrogen) atoms. The number of rotatable bonds is 6. The molecular weight excluding hydrogens is 376 g/mol. The van der Waals surface area contributed by atoms with Gasteiger partial charge in [0, 0.05) is 12.8 Å². The second kappa shape index (κ2) is 7.11. The molecule has 1 aliphatic rings. The predicted octanol–water partition coefficient (Wildman–Crippen LogP) is 2.95. The van der Waals surface area contributed by atoms with Crippen molar-refractivity contribution in [1.29, 1.82) is 0 Å². The molecule has 1 fully saturated rings. The molecule has 0 atom stereocenters. The highest BCUT2D eigenvalue weighted by molar-refractivity contribution is 7.87. The van der Waals surface area contributed by atoms with Gasteiger partial charge in [0.05, 0.1) is 22.0 Å². The summed E-state index contributed by atoms with van der Waals surface area (Å²) in [5, 5.41) is 0. The normalized spacial score (nSPS) is 20.5. The van der Waals surface area contributed by atoms with Crippen LogP contribution in [-0.2, 0) is 28.6 Å². The van der Waals surface area contributed by atoms with E-state index in [4.69, 9.17) is 8.37 Å². The van der Waals surface area contributed by atoms with Crippen molar-refractivity contribution in [1.82, 2.24) is 0 Å². The average Bonchev–Trinajstić information content (AvgIpc) is 2.53. The van der Waals surface area contributed by atoms with Crippen molar-refractivity contribution in [2.24, 2.45) is 0 Å². The van der Waals surface area contributed by atoms with Gasteiger partial charge in [0.2, 0.25) is 0 Å². The van der Waals surface area contributed by atoms with Crippen molar-refractivity contribution in [2.75, 3.05) is 0 Å². The summed E-state index contributed by atoms with van der Waals surface area (Å²) in [6.45, 7) is 3.72. The summed E-state index contributed by atoms with van der Waals surface area (Å²) in [4.78, 5) is 0.166. The molecule has 1 saturated carbocycles. The molecule has 0 unspecified atom stereocenters. The monoisotopic (exact) mass is 396 g/mol. The summed E-state index contributed by atoms with van der Waals surface area (Å²) in [6.07, 6.45) is -0.758. The lowest BCUT2D eigenvalue weighted by molar-refractivity contribution is 0.0123. The summed E-state index contributed by atoms with van der Waals surface area (Å²) in [7, 11) is -7.73. The van der Waals surface area contributed by atoms with E-state index in [1.165, 1.54) is 24.3 Å². The fourth-order valence-electron chi connectivity index (χ4n) is 2.55. The lowest BCUT2D eigenvalue weighted by Gasteiger charge is -2.33. The van der Waals surface area contributed by atoms with Gasteiger partial charge in [-0.2, -0.15) is 16.8 Å². The van der Waals surface area contributed by atoms with Crippen LogP contribution in [-0.4, -0.2) is 29.0 Å². The van der Waals surface area contributed by atoms with E-state index in [0.717, 1.165) is 11.1 Å². The Labute approximate surface area is 154 Å². The first-order valence-corrected chi connectivity index (χ1v) is 11.0. The molecule has 8 heteroatoms. The number of hydrogen-bond acceptors (Lipinski definition) is 6. The Morgan fingerprint density at radius 3 is 1.27 bits per heavy atom. The first-order valence-electron chi connectivity index (χ1n) is 8.16. The van der Waals surface area contributed by atoms with E-state index in [0.29, 0.717) is 0 Å². The van der Waals surface area contributed by atoms with Crippen molar-refractivity contribution in [3.05, 3.63) is 59.7 Å². The molecule has 3 rings (SSSR count). The first-order chi connectivity index (χ1) is 12.2. The molecule has 0 heterocycles. The van der Waals surface area contributed by atoms with Crippen LogP contribution in [0.25, 0.3) is 0 Å². The second-order valence-corrected chi connectivity index (χ2v) is 9.59. The van der Waals surface area contributed by atoms with Crippen LogP contribution in [0.5, 0.6) is 0 Å². The van der Waals surface area contributed by atoms with Crippen LogP contribution in [0.1, 0.15) is 24.0 Å². The molecule has 140 valence electrons. The maximum absolute atomic E-state index is 12.2. The molecule has 2 aromatic rings. The van der Waals surface area contributed by atoms with Gasteiger partial charge in [0.25, 0.3) is 20.2 Å². The van der Waals surface area contributed by atoms with Crippen LogP contribution < -0.4 is 0 Å². The molecule has 2 aromatic carbocycles. The number of hydrogen-bond donors (Lipinski definition) is 0. The molecule has 0 saturated heterocycles. The Hall–Kier alpha value is -1.74. The Morgan fingerprint density at radius 1 is 0.654 bits per heavy atom. The lowest BCUT2D eigenvalue weighted by atomic mass is 9.93. The van der Waals surface area contributed by atoms with Gasteiger partial charge in [-0.3, -0.25) is 8.37 Å². The highest BCUT2D eigenvalue weighted by Gasteiger charge is 2.38. The Morgan fingerprint density at radius 2 is 0.962 bits per heavy atom. The number of benzene rings is 2. The average molecular weight is 396 g/mol. The van der Waals surface area contributed by atoms with Gasteiger partial charge in [-0.1, -0.05) is 35.4 Å². The SMILES string of the molecule is Cc1ccc(S(=O)(=O)OC2CC(OS(=O)(=O)c3ccc(C)cc3)C2)cc1. The van der Waals surface area contributed by atoms with Crippen molar-refractivity contribution in [2.45, 2.75) is 48.7 Å². The maximum atomic E-state index is 12.2. The predicted molar refractivity (Wildman–Crippen MR) is 95.7 cm³/mol. The zero-order chi connectivity index (χ0) is 18.9. The van der Waals surface area contributed by atoms with E-state index >= 15 is 0 Å². The van der Waals surface area contributed by atoms with Gasteiger partial charge in [-0.05, 0) is 38.1 Å². The third kappa shape index (κ3) is 4.32. The molecule has 0 aliphatic heterocycles. The van der Waals surface area contributed by atoms with E-state index in [-0.39, 0.29) is 22.6 Å². The van der Waals surface area contributed by atoms with Crippen molar-refractivity contribution < 1.29 is 25.2 Å². The van der Waals surface area contributed by atoms with Crippen molar-refractivity contribution in [3.63, 3.8) is 0 Å². The van der Waals surface area contributed by atoms with Gasteiger partial charge in [0.15, 0.2) is 0 Å². The Kier molecular flexibility index (Phi) is 5.21. The molecule has 6 nitrogen and oxygen atoms in total. The second-order valence-electron chi connectivity index (χ2n) is 6.44. The molecule has 0 amide bonds. The van der Waals surface area contributed by atoms with Crippen LogP contribution in [0.15, 0.2) is 58.3 Å². The largest absolute Gasteiger partial charge is 0.297 e. The third-order valence-corrected chi connectivity index (χ3v) is 6.95. The summed E-state index contributed by atoms with van der Waals surface area (Å²) in [6, 6.07) is 12.7. The summed E-state index contributed by atoms with van der Waals surface area (Å²) in [5.41, 5.74) is 1.89. The molecule has 0 N–H and O–H groups in total. The highest BCUT2D eigenvalue weighted by atomic mass is 32.2. The van der Waals surface area contributed by atoms with Crippen molar-refractivity contribution >= 4 is 20.2 Å². The van der Waals surface area contributed by atoms with Gasteiger partial charge < -0.3 is 0 Å². The molecular formula is C18H20O6S2. The van der Waals surface area contributed by atoms with Crippen molar-refractivity contribution in [3.8, 4) is 0 Å². The van der Waals surface area contributed by atoms with Gasteiger partial charge in [-0.25, -0.2) is 0 Å². The van der Waals surface area contributed by atoms with Crippen LogP contribution >= 0.6 is 0 Å². The summed E-state index contributed by atoms with van der Waals surface area (Å²) >= 11 is 0. The zero-order valence-electron chi connectivity index (χ0n) is 14.5. The van der Waals surface area contributed by atoms with Crippen LogP contribution in [0.2, 0.25) is 0 Å². The summed E-state index contributed by atoms with van der Waals surface area (Å²) in [5.74, 6) is 0. The number of aryl methyl sites for hydroxylation is 2. The quantitative estimate of drug-likeness (QED) is 0.698. The van der Waals surface area contributed by atoms with E-state index in [1.807, 2.05) is 13.8 Å². The van der Waals surface area contributed by atoms with Gasteiger partial charge in [0.1, 0.15) is 0 Å². The standard InChI is InChI=1S/C18H20O6S2/c1-13-3-7-17(8-4-13)25(19,20)23-15-11-16(12-15)24-26(21,22)18-9-5-14(2)6-10-18/h3-10,15-16H,11-12H2,1-2H3. The molecule has 0 radical (unpaired) electrons. The lowest BCUT2D eigenvalue weighted by Crippen LogP contribution is -2.40. The fraction of sp³-hybridized carbons (Fsp3) is 0.333. The van der Waals surface area contributed by atoms with E-state index in [9.17, 15) is 16.8 Å². The van der Waals surface area contributed by atoms with E-state index < -0.39 is 32.4 Å². The summed E-state index contributed by atoms with van der Waals surface area (Å²) < 4.78 is 59.2. The van der Waals surface area contributed by atoms with Crippen LogP contribution in [0, 0.1) is 13.8 Å². The Bertz CT molecular complexity index is 889. The molecule has 0 bridgehead atoms. The van der Waals surface area contributed by atoms with Crippen LogP contribution in [0.4, 0.5) is 0 Å². The maximum Gasteiger partial charge on any atom is 0.297 e. The topological polar surface area (TPSA) is 86.7 Å². The van der Waals surface area contributed by atoms with Crippen LogP contribution in [0.3, 0.4) is 0 Å². The van der Waals surface area contributed by atoms with E-state index in [1.54, 1.807) is 24.3 Å². The van der Waals surface area contributed by atoms with E-state index in [2.05, 4.69) is 0 Å². The van der Waals surface area contributed by atoms with Gasteiger partial charge >= 0.3 is 0 Å². The first kappa shape index (κ1) is 19.0. The minimum Gasteiger partial charge on any atom is -0.263 e. The third-order valence-electron chi connectivity index (χ3n) is 4.20. The van der Waals surface area contributed by atoms with Gasteiger partial charge in [-0.15, -0.1) is 0 Å². The Balaban J connectivity index is 1.57. The molecule has 0 spiro atoms. The molecule has 1 aliphatic carbocycles.